The van der Waals surface area contributed by atoms with E-state index in [1.165, 1.54) is 0 Å². The Morgan fingerprint density at radius 1 is 1.44 bits per heavy atom. The van der Waals surface area contributed by atoms with Gasteiger partial charge < -0.3 is 4.74 Å². The van der Waals surface area contributed by atoms with Crippen molar-refractivity contribution < 1.29 is 22.7 Å². The molecule has 1 aliphatic rings. The lowest BCUT2D eigenvalue weighted by atomic mass is 10.1. The van der Waals surface area contributed by atoms with Crippen molar-refractivity contribution in [3.05, 3.63) is 12.2 Å². The SMILES string of the molecule is C=C(C(=O)OC1(C)CCCC[SH+]1)C(F)(F)F. The number of alkyl halides is 3. The minimum Gasteiger partial charge on any atom is -0.410 e. The molecule has 0 bridgehead atoms. The molecule has 1 heterocycles. The second kappa shape index (κ2) is 4.69. The lowest BCUT2D eigenvalue weighted by molar-refractivity contribution is -0.157. The summed E-state index contributed by atoms with van der Waals surface area (Å²) in [5.74, 6) is -0.508. The van der Waals surface area contributed by atoms with Crippen LogP contribution in [-0.2, 0) is 21.3 Å². The lowest BCUT2D eigenvalue weighted by Gasteiger charge is -2.26. The molecule has 1 fully saturated rings. The monoisotopic (exact) mass is 255 g/mol. The van der Waals surface area contributed by atoms with E-state index in [0.29, 0.717) is 6.42 Å². The molecule has 0 aromatic carbocycles. The van der Waals surface area contributed by atoms with Gasteiger partial charge in [0, 0.05) is 25.1 Å². The molecule has 0 aliphatic carbocycles. The summed E-state index contributed by atoms with van der Waals surface area (Å²) in [5, 5.41) is 0. The third-order valence-electron chi connectivity index (χ3n) is 2.40. The van der Waals surface area contributed by atoms with Crippen molar-refractivity contribution in [3.63, 3.8) is 0 Å². The van der Waals surface area contributed by atoms with E-state index in [1.807, 2.05) is 0 Å². The van der Waals surface area contributed by atoms with Crippen LogP contribution in [0.5, 0.6) is 0 Å². The van der Waals surface area contributed by atoms with Crippen LogP contribution < -0.4 is 0 Å². The molecule has 1 rings (SSSR count). The zero-order chi connectivity index (χ0) is 12.4. The fraction of sp³-hybridized carbons (Fsp3) is 0.700. The molecule has 0 spiro atoms. The first kappa shape index (κ1) is 13.4. The zero-order valence-corrected chi connectivity index (χ0v) is 9.83. The molecule has 0 aromatic heterocycles. The molecule has 1 unspecified atom stereocenters. The average molecular weight is 255 g/mol. The number of halogens is 3. The maximum absolute atomic E-state index is 12.2. The van der Waals surface area contributed by atoms with Gasteiger partial charge in [-0.05, 0) is 12.8 Å². The van der Waals surface area contributed by atoms with Crippen LogP contribution in [0.1, 0.15) is 26.2 Å². The molecular weight excluding hydrogens is 241 g/mol. The maximum Gasteiger partial charge on any atom is 0.422 e. The van der Waals surface area contributed by atoms with Crippen molar-refractivity contribution in [1.29, 1.82) is 0 Å². The van der Waals surface area contributed by atoms with Gasteiger partial charge in [-0.25, -0.2) is 4.79 Å². The zero-order valence-electron chi connectivity index (χ0n) is 8.93. The van der Waals surface area contributed by atoms with Crippen molar-refractivity contribution in [2.24, 2.45) is 0 Å². The molecule has 16 heavy (non-hydrogen) atoms. The molecular formula is C10H14F3O2S+. The van der Waals surface area contributed by atoms with Gasteiger partial charge in [0.25, 0.3) is 4.93 Å². The van der Waals surface area contributed by atoms with Gasteiger partial charge >= 0.3 is 12.1 Å². The summed E-state index contributed by atoms with van der Waals surface area (Å²) < 4.78 is 41.4. The number of hydrogen-bond acceptors (Lipinski definition) is 2. The van der Waals surface area contributed by atoms with E-state index in [0.717, 1.165) is 30.4 Å². The van der Waals surface area contributed by atoms with Crippen LogP contribution in [-0.4, -0.2) is 22.8 Å². The number of esters is 1. The van der Waals surface area contributed by atoms with Crippen LogP contribution in [0.15, 0.2) is 12.2 Å². The Kier molecular flexibility index (Phi) is 3.93. The minimum absolute atomic E-state index is 0.603. The van der Waals surface area contributed by atoms with Gasteiger partial charge in [0.1, 0.15) is 11.3 Å². The van der Waals surface area contributed by atoms with Gasteiger partial charge in [-0.2, -0.15) is 13.2 Å². The molecule has 0 radical (unpaired) electrons. The fourth-order valence-corrected chi connectivity index (χ4v) is 2.74. The van der Waals surface area contributed by atoms with Crippen molar-refractivity contribution >= 4 is 17.7 Å². The van der Waals surface area contributed by atoms with E-state index in [2.05, 4.69) is 6.58 Å². The Bertz CT molecular complexity index is 293. The predicted octanol–water partition coefficient (Wildman–Crippen LogP) is 2.36. The van der Waals surface area contributed by atoms with Crippen molar-refractivity contribution in [3.8, 4) is 0 Å². The summed E-state index contributed by atoms with van der Waals surface area (Å²) in [5.41, 5.74) is -1.44. The van der Waals surface area contributed by atoms with Gasteiger partial charge in [-0.15, -0.1) is 0 Å². The van der Waals surface area contributed by atoms with Gasteiger partial charge in [0.15, 0.2) is 0 Å². The van der Waals surface area contributed by atoms with Crippen molar-refractivity contribution in [2.45, 2.75) is 37.3 Å². The first-order valence-electron chi connectivity index (χ1n) is 4.93. The number of rotatable bonds is 2. The Morgan fingerprint density at radius 2 is 2.06 bits per heavy atom. The van der Waals surface area contributed by atoms with Crippen LogP contribution in [0.3, 0.4) is 0 Å². The second-order valence-corrected chi connectivity index (χ2v) is 5.59. The van der Waals surface area contributed by atoms with Crippen LogP contribution in [0, 0.1) is 0 Å². The largest absolute Gasteiger partial charge is 0.422 e. The van der Waals surface area contributed by atoms with Gasteiger partial charge in [-0.3, -0.25) is 0 Å². The number of thiol groups is 1. The highest BCUT2D eigenvalue weighted by molar-refractivity contribution is 7.79. The second-order valence-electron chi connectivity index (χ2n) is 3.88. The van der Waals surface area contributed by atoms with E-state index in [4.69, 9.17) is 4.74 Å². The van der Waals surface area contributed by atoms with Crippen molar-refractivity contribution in [2.75, 3.05) is 5.75 Å². The summed E-state index contributed by atoms with van der Waals surface area (Å²) in [4.78, 5) is 10.4. The normalized spacial score (nSPS) is 26.2. The Hall–Kier alpha value is -0.650. The molecule has 1 atom stereocenters. The highest BCUT2D eigenvalue weighted by Crippen LogP contribution is 2.30. The molecule has 1 saturated heterocycles. The lowest BCUT2D eigenvalue weighted by Crippen LogP contribution is -2.38. The minimum atomic E-state index is -4.71. The first-order chi connectivity index (χ1) is 7.25. The topological polar surface area (TPSA) is 26.3 Å². The van der Waals surface area contributed by atoms with Gasteiger partial charge in [-0.1, -0.05) is 6.58 Å². The van der Waals surface area contributed by atoms with E-state index in [-0.39, 0.29) is 0 Å². The van der Waals surface area contributed by atoms with E-state index >= 15 is 0 Å². The predicted molar refractivity (Wildman–Crippen MR) is 57.2 cm³/mol. The summed E-state index contributed by atoms with van der Waals surface area (Å²) in [6, 6.07) is 0. The van der Waals surface area contributed by atoms with Crippen LogP contribution in [0.2, 0.25) is 0 Å². The molecule has 0 saturated carbocycles. The molecule has 2 nitrogen and oxygen atoms in total. The highest BCUT2D eigenvalue weighted by atomic mass is 32.2. The molecule has 92 valence electrons. The molecule has 6 heteroatoms. The average Bonchev–Trinajstić information content (AvgIpc) is 2.15. The van der Waals surface area contributed by atoms with Crippen LogP contribution in [0.4, 0.5) is 13.2 Å². The summed E-state index contributed by atoms with van der Waals surface area (Å²) in [7, 11) is 0. The van der Waals surface area contributed by atoms with Crippen LogP contribution >= 0.6 is 0 Å². The summed E-state index contributed by atoms with van der Waals surface area (Å²) in [6.45, 7) is 4.38. The first-order valence-corrected chi connectivity index (χ1v) is 6.01. The Morgan fingerprint density at radius 3 is 2.50 bits per heavy atom. The van der Waals surface area contributed by atoms with Gasteiger partial charge in [0.05, 0.1) is 0 Å². The Balaban J connectivity index is 2.60. The number of ether oxygens (including phenoxy) is 1. The number of carbonyl (C=O) groups excluding carboxylic acids is 1. The van der Waals surface area contributed by atoms with Crippen molar-refractivity contribution in [1.82, 2.24) is 0 Å². The quantitative estimate of drug-likeness (QED) is 0.328. The van der Waals surface area contributed by atoms with Crippen LogP contribution in [0.25, 0.3) is 0 Å². The molecule has 1 aliphatic heterocycles. The van der Waals surface area contributed by atoms with E-state index < -0.39 is 22.7 Å². The van der Waals surface area contributed by atoms with E-state index in [1.54, 1.807) is 6.92 Å². The summed E-state index contributed by atoms with van der Waals surface area (Å²) in [6.07, 6.45) is -2.21. The standard InChI is InChI=1S/C10H13F3O2S/c1-7(10(11,12)13)8(14)15-9(2)5-3-4-6-16-9/h1,3-6H2,2H3/p+1. The molecule has 0 N–H and O–H groups in total. The van der Waals surface area contributed by atoms with E-state index in [9.17, 15) is 18.0 Å². The third kappa shape index (κ3) is 3.43. The number of hydrogen-bond donors (Lipinski definition) is 0. The third-order valence-corrected chi connectivity index (χ3v) is 3.92. The Labute approximate surface area is 96.2 Å². The number of carbonyl (C=O) groups is 1. The highest BCUT2D eigenvalue weighted by Gasteiger charge is 2.44. The molecule has 0 aromatic rings. The maximum atomic E-state index is 12.2. The smallest absolute Gasteiger partial charge is 0.410 e. The van der Waals surface area contributed by atoms with Gasteiger partial charge in [0.2, 0.25) is 0 Å². The fourth-order valence-electron chi connectivity index (χ4n) is 1.42. The molecule has 0 amide bonds. The summed E-state index contributed by atoms with van der Waals surface area (Å²) >= 11 is 0.867.